The smallest absolute Gasteiger partial charge is 0.344 e. The Morgan fingerprint density at radius 3 is 2.33 bits per heavy atom. The molecule has 13 nitrogen and oxygen atoms in total. The number of nitrogens with zero attached hydrogens (tertiary/aromatic N) is 8. The van der Waals surface area contributed by atoms with Crippen molar-refractivity contribution in [2.75, 3.05) is 11.0 Å². The summed E-state index contributed by atoms with van der Waals surface area (Å²) in [5.41, 5.74) is -6.42. The van der Waals surface area contributed by atoms with Crippen molar-refractivity contribution in [3.8, 4) is 17.2 Å². The van der Waals surface area contributed by atoms with Gasteiger partial charge in [0.15, 0.2) is 11.6 Å². The number of halogens is 12. The predicted molar refractivity (Wildman–Crippen MR) is 203 cm³/mol. The first-order valence-corrected chi connectivity index (χ1v) is 20.1. The molecular formula is C37H28ClF11N10O3S. The van der Waals surface area contributed by atoms with Gasteiger partial charge in [-0.15, -0.1) is 0 Å². The number of benzene rings is 2. The Hall–Kier alpha value is -5.98. The summed E-state index contributed by atoms with van der Waals surface area (Å²) < 4.78 is 174. The van der Waals surface area contributed by atoms with E-state index in [4.69, 9.17) is 11.6 Å². The van der Waals surface area contributed by atoms with E-state index < -0.39 is 154 Å². The van der Waals surface area contributed by atoms with Gasteiger partial charge in [0.25, 0.3) is 24.3 Å². The lowest BCUT2D eigenvalue weighted by Crippen LogP contribution is -2.38. The Balaban J connectivity index is 1.49. The molecule has 0 saturated carbocycles. The van der Waals surface area contributed by atoms with Crippen molar-refractivity contribution < 1.29 is 57.3 Å². The van der Waals surface area contributed by atoms with Gasteiger partial charge in [-0.25, -0.2) is 45.5 Å². The molecule has 3 atom stereocenters. The van der Waals surface area contributed by atoms with Gasteiger partial charge in [0, 0.05) is 42.5 Å². The number of carbonyl (C=O) groups is 1. The molecule has 26 heteroatoms. The van der Waals surface area contributed by atoms with Gasteiger partial charge in [0.1, 0.15) is 64.3 Å². The number of carbonyl (C=O) groups excluding carboxylic acids is 1. The summed E-state index contributed by atoms with van der Waals surface area (Å²) >= 11 is 6.46. The maximum Gasteiger partial charge on any atom is 0.408 e. The number of amides is 1. The highest BCUT2D eigenvalue weighted by Gasteiger charge is 2.51. The van der Waals surface area contributed by atoms with Crippen molar-refractivity contribution in [2.24, 2.45) is 5.92 Å². The van der Waals surface area contributed by atoms with Gasteiger partial charge in [-0.3, -0.25) is 28.2 Å². The Labute approximate surface area is 353 Å². The van der Waals surface area contributed by atoms with E-state index in [1.807, 2.05) is 0 Å². The normalized spacial score (nSPS) is 15.9. The summed E-state index contributed by atoms with van der Waals surface area (Å²) in [6, 6.07) is 3.88. The third-order valence-electron chi connectivity index (χ3n) is 9.74. The molecule has 4 aromatic heterocycles. The van der Waals surface area contributed by atoms with Crippen LogP contribution in [-0.4, -0.2) is 61.6 Å². The lowest BCUT2D eigenvalue weighted by molar-refractivity contribution is -0.141. The second kappa shape index (κ2) is 17.0. The van der Waals surface area contributed by atoms with E-state index in [-0.39, 0.29) is 16.0 Å². The molecule has 1 aliphatic carbocycles. The second-order valence-corrected chi connectivity index (χ2v) is 15.8. The monoisotopic (exact) mass is 936 g/mol. The van der Waals surface area contributed by atoms with Gasteiger partial charge >= 0.3 is 6.18 Å². The summed E-state index contributed by atoms with van der Waals surface area (Å²) in [7, 11) is -1.96. The van der Waals surface area contributed by atoms with Gasteiger partial charge in [-0.2, -0.15) is 32.1 Å². The van der Waals surface area contributed by atoms with E-state index in [1.165, 1.54) is 0 Å². The van der Waals surface area contributed by atoms with Crippen LogP contribution in [0.5, 0.6) is 0 Å². The molecule has 0 spiro atoms. The van der Waals surface area contributed by atoms with Crippen LogP contribution in [-0.2, 0) is 47.6 Å². The molecular weight excluding hydrogens is 909 g/mol. The third-order valence-corrected chi connectivity index (χ3v) is 10.5. The van der Waals surface area contributed by atoms with Gasteiger partial charge in [-0.05, 0) is 42.3 Å². The van der Waals surface area contributed by atoms with E-state index in [0.29, 0.717) is 26.1 Å². The van der Waals surface area contributed by atoms with Crippen molar-refractivity contribution >= 4 is 45.2 Å². The second-order valence-electron chi connectivity index (χ2n) is 14.2. The fourth-order valence-electron chi connectivity index (χ4n) is 7.24. The van der Waals surface area contributed by atoms with Crippen LogP contribution in [0.25, 0.3) is 28.1 Å². The summed E-state index contributed by atoms with van der Waals surface area (Å²) in [6.45, 7) is -1.93. The molecule has 63 heavy (non-hydrogen) atoms. The molecule has 0 aliphatic heterocycles. The fraction of sp³-hybridized carbons (Fsp3) is 0.324. The van der Waals surface area contributed by atoms with Crippen molar-refractivity contribution in [1.82, 2.24) is 44.4 Å². The van der Waals surface area contributed by atoms with Crippen LogP contribution in [0.1, 0.15) is 59.8 Å². The van der Waals surface area contributed by atoms with Crippen LogP contribution in [0.2, 0.25) is 5.02 Å². The van der Waals surface area contributed by atoms with Crippen molar-refractivity contribution in [3.05, 3.63) is 110 Å². The van der Waals surface area contributed by atoms with Crippen LogP contribution < -0.4 is 15.6 Å². The van der Waals surface area contributed by atoms with E-state index in [0.717, 1.165) is 49.7 Å². The average molecular weight is 937 g/mol. The van der Waals surface area contributed by atoms with Crippen LogP contribution in [0, 0.1) is 17.6 Å². The number of aromatic nitrogens is 8. The summed E-state index contributed by atoms with van der Waals surface area (Å²) in [5.74, 6) is -10.6. The van der Waals surface area contributed by atoms with Gasteiger partial charge in [0.2, 0.25) is 5.91 Å². The zero-order valence-corrected chi connectivity index (χ0v) is 33.6. The molecule has 4 heterocycles. The Kier molecular flexibility index (Phi) is 12.1. The van der Waals surface area contributed by atoms with Crippen LogP contribution in [0.15, 0.2) is 53.5 Å². The highest BCUT2D eigenvalue weighted by Crippen LogP contribution is 2.48. The van der Waals surface area contributed by atoms with E-state index in [2.05, 4.69) is 35.2 Å². The van der Waals surface area contributed by atoms with E-state index in [9.17, 15) is 53.3 Å². The zero-order chi connectivity index (χ0) is 45.9. The number of nitrogens with one attached hydrogen (secondary N) is 2. The molecule has 3 unspecified atom stereocenters. The maximum absolute atomic E-state index is 15.4. The van der Waals surface area contributed by atoms with Gasteiger partial charge in [0.05, 0.1) is 27.7 Å². The number of hydrogen-bond acceptors (Lipinski definition) is 8. The first-order valence-electron chi connectivity index (χ1n) is 18.1. The van der Waals surface area contributed by atoms with Crippen molar-refractivity contribution in [1.29, 1.82) is 0 Å². The Bertz CT molecular complexity index is 2830. The lowest BCUT2D eigenvalue weighted by atomic mass is 10.0. The number of anilines is 1. The van der Waals surface area contributed by atoms with Crippen LogP contribution >= 0.6 is 11.6 Å². The topological polar surface area (TPSA) is 155 Å². The predicted octanol–water partition coefficient (Wildman–Crippen LogP) is 7.69. The first-order chi connectivity index (χ1) is 29.5. The van der Waals surface area contributed by atoms with Crippen LogP contribution in [0.3, 0.4) is 0 Å². The molecule has 2 aromatic carbocycles. The molecule has 0 bridgehead atoms. The SMILES string of the molecule is CC1Cc2c(C(F)F)nn(CC(=O)NC(Cc3cc(F)cc(F)c3)c3nc(-c4nccc(C(F)F)n4)cc(=O)n3-c3ccc(Cl)c4c(NS(C)=O)nn(CC(F)(F)F)c34)c2C1(F)F. The molecule has 7 rings (SSSR count). The average Bonchev–Trinajstić information content (AvgIpc) is 3.78. The number of hydrogen-bond donors (Lipinski definition) is 2. The molecule has 334 valence electrons. The van der Waals surface area contributed by atoms with Crippen molar-refractivity contribution in [2.45, 2.75) is 63.8 Å². The van der Waals surface area contributed by atoms with Crippen molar-refractivity contribution in [3.63, 3.8) is 0 Å². The van der Waals surface area contributed by atoms with Gasteiger partial charge in [-0.1, -0.05) is 18.5 Å². The quantitative estimate of drug-likeness (QED) is 0.112. The largest absolute Gasteiger partial charge is 0.408 e. The lowest BCUT2D eigenvalue weighted by Gasteiger charge is -2.24. The third kappa shape index (κ3) is 9.10. The fourth-order valence-corrected chi connectivity index (χ4v) is 7.90. The maximum atomic E-state index is 15.4. The molecule has 0 fully saturated rings. The molecule has 0 radical (unpaired) electrons. The zero-order valence-electron chi connectivity index (χ0n) is 32.0. The summed E-state index contributed by atoms with van der Waals surface area (Å²) in [5, 5.41) is 9.29. The standard InChI is InChI=1S/C37H28ClF11N10O3S/c1-15-7-19-28(32(43)44)54-57(30(19)37(15,48)49)13-25(60)51-23(10-16-8-17(39)11-18(40)9-16)35-53-22(33-50-6-5-21(52-33)31(41)42)12-26(61)59(35)24-4-3-20(38)27-29(24)58(14-36(45,46)47)55-34(27)56-63(2)62/h3-6,8-9,11-12,15,23,31-32H,7,10,13-14H2,1-2H3,(H,51,60)(H,55,56). The van der Waals surface area contributed by atoms with E-state index in [1.54, 1.807) is 0 Å². The summed E-state index contributed by atoms with van der Waals surface area (Å²) in [4.78, 5) is 40.5. The Morgan fingerprint density at radius 2 is 1.70 bits per heavy atom. The number of rotatable bonds is 13. The molecule has 6 aromatic rings. The number of fused-ring (bicyclic) bond motifs is 2. The molecule has 1 amide bonds. The van der Waals surface area contributed by atoms with Gasteiger partial charge < -0.3 is 5.32 Å². The highest BCUT2D eigenvalue weighted by atomic mass is 35.5. The molecule has 2 N–H and O–H groups in total. The van der Waals surface area contributed by atoms with E-state index >= 15 is 8.78 Å². The minimum absolute atomic E-state index is 0.263. The summed E-state index contributed by atoms with van der Waals surface area (Å²) in [6.07, 6.45) is -10.7. The minimum atomic E-state index is -4.99. The molecule has 1 aliphatic rings. The number of alkyl halides is 9. The highest BCUT2D eigenvalue weighted by molar-refractivity contribution is 7.85. The van der Waals surface area contributed by atoms with Crippen LogP contribution in [0.4, 0.5) is 54.1 Å². The molecule has 0 saturated heterocycles. The first kappa shape index (κ1) is 45.1. The minimum Gasteiger partial charge on any atom is -0.344 e. The Morgan fingerprint density at radius 1 is 1.00 bits per heavy atom.